The number of benzene rings is 2. The predicted octanol–water partition coefficient (Wildman–Crippen LogP) is 4.14. The Morgan fingerprint density at radius 3 is 1.72 bits per heavy atom. The summed E-state index contributed by atoms with van der Waals surface area (Å²) in [6.45, 7) is 6.59. The van der Waals surface area contributed by atoms with Crippen molar-refractivity contribution < 1.29 is 33.8 Å². The summed E-state index contributed by atoms with van der Waals surface area (Å²) >= 11 is 0. The van der Waals surface area contributed by atoms with E-state index in [9.17, 15) is 19.2 Å². The number of carbonyl (C=O) groups is 4. The zero-order valence-corrected chi connectivity index (χ0v) is 25.9. The summed E-state index contributed by atoms with van der Waals surface area (Å²) in [5, 5.41) is 13.9. The number of ketones is 1. The van der Waals surface area contributed by atoms with Gasteiger partial charge >= 0.3 is 5.97 Å². The lowest BCUT2D eigenvalue weighted by Gasteiger charge is -2.32. The van der Waals surface area contributed by atoms with Gasteiger partial charge in [-0.3, -0.25) is 14.4 Å². The standard InChI is InChI=1S/C16H22N2O3.C12H17NO.C5H8O3/c1-12(19)17-11-16(20)18-9-7-13(8-10-18)14-5-3-4-6-15(14)21-2;1-14-12-5-3-2-4-11(12)10-6-8-13-9-7-10;1-4(6)2-3-5(7)8/h3-6,13H,7-11H2,1-2H3,(H,17,19);2-5,10,13H,6-9H2,1H3;2-3H2,1H3,(H,7,8). The third-order valence-electron chi connectivity index (χ3n) is 7.52. The topological polar surface area (TPSA) is 134 Å². The van der Waals surface area contributed by atoms with Crippen LogP contribution < -0.4 is 20.1 Å². The van der Waals surface area contributed by atoms with Crippen LogP contribution in [0.15, 0.2) is 48.5 Å². The second-order valence-corrected chi connectivity index (χ2v) is 10.7. The maximum atomic E-state index is 12.0. The summed E-state index contributed by atoms with van der Waals surface area (Å²) in [5.74, 6) is 1.88. The zero-order valence-electron chi connectivity index (χ0n) is 25.9. The molecule has 2 saturated heterocycles. The Morgan fingerprint density at radius 1 is 0.814 bits per heavy atom. The van der Waals surface area contributed by atoms with Crippen LogP contribution in [0.1, 0.15) is 75.3 Å². The molecular weight excluding hydrogens is 550 g/mol. The smallest absolute Gasteiger partial charge is 0.303 e. The first-order valence-electron chi connectivity index (χ1n) is 14.9. The van der Waals surface area contributed by atoms with E-state index in [2.05, 4.69) is 34.9 Å². The molecule has 2 heterocycles. The molecule has 0 aliphatic carbocycles. The molecule has 2 amide bonds. The minimum absolute atomic E-state index is 0.0105. The highest BCUT2D eigenvalue weighted by Crippen LogP contribution is 2.34. The molecule has 2 aromatic carbocycles. The molecule has 2 aliphatic heterocycles. The number of methoxy groups -OCH3 is 2. The van der Waals surface area contributed by atoms with Gasteiger partial charge in [-0.2, -0.15) is 0 Å². The molecule has 0 spiro atoms. The summed E-state index contributed by atoms with van der Waals surface area (Å²) in [6.07, 6.45) is 4.39. The fourth-order valence-corrected chi connectivity index (χ4v) is 5.18. The van der Waals surface area contributed by atoms with E-state index in [0.717, 1.165) is 50.5 Å². The number of ether oxygens (including phenoxy) is 2. The minimum atomic E-state index is -0.916. The highest BCUT2D eigenvalue weighted by Gasteiger charge is 2.25. The number of aliphatic carboxylic acids is 1. The molecule has 0 unspecified atom stereocenters. The number of carboxylic acid groups (broad SMARTS) is 1. The Balaban J connectivity index is 0.000000252. The normalized spacial score (nSPS) is 15.1. The van der Waals surface area contributed by atoms with Crippen molar-refractivity contribution in [2.45, 2.75) is 64.2 Å². The Morgan fingerprint density at radius 2 is 1.30 bits per heavy atom. The van der Waals surface area contributed by atoms with Gasteiger partial charge in [0, 0.05) is 26.4 Å². The first-order chi connectivity index (χ1) is 20.7. The summed E-state index contributed by atoms with van der Waals surface area (Å²) in [5.41, 5.74) is 2.59. The van der Waals surface area contributed by atoms with Crippen LogP contribution in [0.3, 0.4) is 0 Å². The molecule has 43 heavy (non-hydrogen) atoms. The second-order valence-electron chi connectivity index (χ2n) is 10.7. The fourth-order valence-electron chi connectivity index (χ4n) is 5.18. The number of hydrogen-bond donors (Lipinski definition) is 3. The van der Waals surface area contributed by atoms with Crippen LogP contribution in [0.2, 0.25) is 0 Å². The maximum Gasteiger partial charge on any atom is 0.303 e. The van der Waals surface area contributed by atoms with Crippen LogP contribution in [0.25, 0.3) is 0 Å². The highest BCUT2D eigenvalue weighted by atomic mass is 16.5. The molecule has 0 saturated carbocycles. The number of nitrogens with zero attached hydrogens (tertiary/aromatic N) is 1. The first-order valence-corrected chi connectivity index (χ1v) is 14.9. The van der Waals surface area contributed by atoms with Gasteiger partial charge in [0.15, 0.2) is 0 Å². The molecule has 4 rings (SSSR count). The van der Waals surface area contributed by atoms with Crippen molar-refractivity contribution in [3.05, 3.63) is 59.7 Å². The van der Waals surface area contributed by atoms with Crippen LogP contribution >= 0.6 is 0 Å². The van der Waals surface area contributed by atoms with Crippen molar-refractivity contribution in [3.63, 3.8) is 0 Å². The van der Waals surface area contributed by atoms with Crippen LogP contribution in [0, 0.1) is 0 Å². The Bertz CT molecular complexity index is 1160. The zero-order chi connectivity index (χ0) is 31.6. The van der Waals surface area contributed by atoms with Gasteiger partial charge in [-0.1, -0.05) is 36.4 Å². The van der Waals surface area contributed by atoms with E-state index in [0.29, 0.717) is 11.8 Å². The third kappa shape index (κ3) is 12.9. The van der Waals surface area contributed by atoms with Crippen molar-refractivity contribution in [2.24, 2.45) is 0 Å². The van der Waals surface area contributed by atoms with Gasteiger partial charge < -0.3 is 34.9 Å². The molecule has 3 N–H and O–H groups in total. The van der Waals surface area contributed by atoms with Crippen LogP contribution in [0.5, 0.6) is 11.5 Å². The number of para-hydroxylation sites is 2. The lowest BCUT2D eigenvalue weighted by Crippen LogP contribution is -2.43. The number of likely N-dealkylation sites (tertiary alicyclic amines) is 1. The second kappa shape index (κ2) is 19.3. The van der Waals surface area contributed by atoms with Crippen molar-refractivity contribution in [3.8, 4) is 11.5 Å². The Kier molecular flexibility index (Phi) is 15.8. The average Bonchev–Trinajstić information content (AvgIpc) is 3.03. The van der Waals surface area contributed by atoms with Crippen LogP contribution in [-0.2, 0) is 19.2 Å². The fraction of sp³-hybridized carbons (Fsp3) is 0.515. The molecule has 236 valence electrons. The number of nitrogens with one attached hydrogen (secondary N) is 2. The first kappa shape index (κ1) is 35.3. The number of carbonyl (C=O) groups excluding carboxylic acids is 3. The lowest BCUT2D eigenvalue weighted by molar-refractivity contribution is -0.138. The van der Waals surface area contributed by atoms with Crippen molar-refractivity contribution in [1.82, 2.24) is 15.5 Å². The van der Waals surface area contributed by atoms with Gasteiger partial charge in [-0.15, -0.1) is 0 Å². The van der Waals surface area contributed by atoms with Gasteiger partial charge in [0.05, 0.1) is 27.2 Å². The number of Topliss-reactive ketones (excluding diaryl/α,β-unsaturated/α-hetero) is 1. The van der Waals surface area contributed by atoms with Gasteiger partial charge in [-0.05, 0) is 80.8 Å². The largest absolute Gasteiger partial charge is 0.496 e. The molecule has 10 heteroatoms. The minimum Gasteiger partial charge on any atom is -0.496 e. The number of rotatable bonds is 9. The van der Waals surface area contributed by atoms with Crippen molar-refractivity contribution in [1.29, 1.82) is 0 Å². The van der Waals surface area contributed by atoms with E-state index in [1.807, 2.05) is 29.2 Å². The molecule has 0 radical (unpaired) electrons. The van der Waals surface area contributed by atoms with Crippen LogP contribution in [0.4, 0.5) is 0 Å². The molecule has 2 aromatic rings. The monoisotopic (exact) mass is 597 g/mol. The third-order valence-corrected chi connectivity index (χ3v) is 7.52. The molecule has 2 fully saturated rings. The summed E-state index contributed by atoms with van der Waals surface area (Å²) in [7, 11) is 3.44. The van der Waals surface area contributed by atoms with E-state index in [-0.39, 0.29) is 37.0 Å². The van der Waals surface area contributed by atoms with E-state index < -0.39 is 5.97 Å². The summed E-state index contributed by atoms with van der Waals surface area (Å²) < 4.78 is 10.8. The SMILES string of the molecule is CC(=O)CCC(=O)O.COc1ccccc1C1CCN(C(=O)CNC(C)=O)CC1.COc1ccccc1C1CCNCC1. The molecule has 0 bridgehead atoms. The van der Waals surface area contributed by atoms with E-state index >= 15 is 0 Å². The summed E-state index contributed by atoms with van der Waals surface area (Å²) in [6, 6.07) is 16.4. The van der Waals surface area contributed by atoms with Gasteiger partial charge in [0.1, 0.15) is 17.3 Å². The number of amides is 2. The van der Waals surface area contributed by atoms with E-state index in [4.69, 9.17) is 14.6 Å². The quantitative estimate of drug-likeness (QED) is 0.393. The van der Waals surface area contributed by atoms with Gasteiger partial charge in [0.25, 0.3) is 0 Å². The lowest BCUT2D eigenvalue weighted by atomic mass is 9.89. The molecule has 2 aliphatic rings. The van der Waals surface area contributed by atoms with E-state index in [1.54, 1.807) is 14.2 Å². The Labute approximate surface area is 255 Å². The average molecular weight is 598 g/mol. The molecule has 0 aromatic heterocycles. The van der Waals surface area contributed by atoms with Gasteiger partial charge in [0.2, 0.25) is 11.8 Å². The number of hydrogen-bond acceptors (Lipinski definition) is 7. The molecule has 10 nitrogen and oxygen atoms in total. The predicted molar refractivity (Wildman–Crippen MR) is 166 cm³/mol. The maximum absolute atomic E-state index is 12.0. The van der Waals surface area contributed by atoms with E-state index in [1.165, 1.54) is 37.8 Å². The Hall–Kier alpha value is -3.92. The summed E-state index contributed by atoms with van der Waals surface area (Å²) in [4.78, 5) is 44.5. The number of carboxylic acids is 1. The van der Waals surface area contributed by atoms with Gasteiger partial charge in [-0.25, -0.2) is 0 Å². The van der Waals surface area contributed by atoms with Crippen molar-refractivity contribution in [2.75, 3.05) is 46.9 Å². The molecule has 0 atom stereocenters. The number of piperidine rings is 2. The molecular formula is C33H47N3O7. The highest BCUT2D eigenvalue weighted by molar-refractivity contribution is 5.83. The van der Waals surface area contributed by atoms with Crippen molar-refractivity contribution >= 4 is 23.6 Å². The van der Waals surface area contributed by atoms with Crippen LogP contribution in [-0.4, -0.2) is 80.5 Å².